The van der Waals surface area contributed by atoms with Gasteiger partial charge >= 0.3 is 0 Å². The van der Waals surface area contributed by atoms with E-state index in [0.717, 1.165) is 23.4 Å². The van der Waals surface area contributed by atoms with E-state index in [1.54, 1.807) is 23.1 Å². The molecule has 4 rings (SSSR count). The van der Waals surface area contributed by atoms with Crippen molar-refractivity contribution < 1.29 is 19.1 Å². The predicted octanol–water partition coefficient (Wildman–Crippen LogP) is 4.51. The smallest absolute Gasteiger partial charge is 0.254 e. The lowest BCUT2D eigenvalue weighted by atomic mass is 10.1. The van der Waals surface area contributed by atoms with Gasteiger partial charge in [0, 0.05) is 30.6 Å². The number of nitrogens with zero attached hydrogens (tertiary/aromatic N) is 3. The summed E-state index contributed by atoms with van der Waals surface area (Å²) in [5.74, 6) is 0.858. The lowest BCUT2D eigenvalue weighted by Crippen LogP contribution is -2.34. The molecule has 8 nitrogen and oxygen atoms in total. The van der Waals surface area contributed by atoms with Crippen LogP contribution in [0.5, 0.6) is 11.5 Å². The van der Waals surface area contributed by atoms with Gasteiger partial charge in [0.25, 0.3) is 5.91 Å². The molecule has 172 valence electrons. The summed E-state index contributed by atoms with van der Waals surface area (Å²) in [4.78, 5) is 27.3. The Labute approximate surface area is 196 Å². The highest BCUT2D eigenvalue weighted by atomic mass is 32.1. The molecule has 0 bridgehead atoms. The number of aryl methyl sites for hydroxylation is 1. The highest BCUT2D eigenvalue weighted by Gasteiger charge is 2.21. The van der Waals surface area contributed by atoms with Gasteiger partial charge in [-0.1, -0.05) is 54.5 Å². The predicted molar refractivity (Wildman–Crippen MR) is 127 cm³/mol. The molecule has 3 aromatic rings. The Morgan fingerprint density at radius 1 is 1.06 bits per heavy atom. The number of unbranched alkanes of at least 4 members (excludes halogenated alkanes) is 1. The fraction of sp³-hybridized carbons (Fsp3) is 0.333. The summed E-state index contributed by atoms with van der Waals surface area (Å²) in [5.41, 5.74) is 2.64. The zero-order valence-electron chi connectivity index (χ0n) is 18.7. The number of anilines is 1. The topological polar surface area (TPSA) is 93.7 Å². The Balaban J connectivity index is 1.36. The van der Waals surface area contributed by atoms with E-state index in [2.05, 4.69) is 22.4 Å². The number of benzene rings is 2. The van der Waals surface area contributed by atoms with Gasteiger partial charge < -0.3 is 19.7 Å². The van der Waals surface area contributed by atoms with Gasteiger partial charge in [-0.15, -0.1) is 10.2 Å². The molecule has 2 aromatic carbocycles. The van der Waals surface area contributed by atoms with Gasteiger partial charge in [-0.25, -0.2) is 0 Å². The normalized spacial score (nSPS) is 11.9. The Kier molecular flexibility index (Phi) is 7.19. The summed E-state index contributed by atoms with van der Waals surface area (Å²) in [5, 5.41) is 12.2. The molecule has 33 heavy (non-hydrogen) atoms. The van der Waals surface area contributed by atoms with Gasteiger partial charge in [0.1, 0.15) is 5.01 Å². The quantitative estimate of drug-likeness (QED) is 0.499. The molecular formula is C24H26N4O4S. The van der Waals surface area contributed by atoms with Crippen molar-refractivity contribution in [2.75, 3.05) is 25.2 Å². The standard InChI is InChI=1S/C24H26N4O4S/c1-3-4-12-28(23(30)18-9-10-19-20(14-18)32-15-31-19)13-11-21(29)25-24-27-26-22(33-24)17-7-5-16(2)6-8-17/h5-10,14H,3-4,11-13,15H2,1-2H3,(H,25,27,29). The summed E-state index contributed by atoms with van der Waals surface area (Å²) < 4.78 is 10.7. The van der Waals surface area contributed by atoms with Gasteiger partial charge in [-0.05, 0) is 31.5 Å². The molecule has 0 saturated heterocycles. The zero-order valence-corrected chi connectivity index (χ0v) is 19.5. The Bertz CT molecular complexity index is 1130. The maximum Gasteiger partial charge on any atom is 0.254 e. The SMILES string of the molecule is CCCCN(CCC(=O)Nc1nnc(-c2ccc(C)cc2)s1)C(=O)c1ccc2c(c1)OCO2. The first-order chi connectivity index (χ1) is 16.0. The van der Waals surface area contributed by atoms with Crippen molar-refractivity contribution in [2.24, 2.45) is 0 Å². The van der Waals surface area contributed by atoms with Gasteiger partial charge in [0.2, 0.25) is 17.8 Å². The Morgan fingerprint density at radius 3 is 2.64 bits per heavy atom. The summed E-state index contributed by atoms with van der Waals surface area (Å²) in [7, 11) is 0. The number of carbonyl (C=O) groups is 2. The third-order valence-corrected chi connectivity index (χ3v) is 6.15. The van der Waals surface area contributed by atoms with Crippen molar-refractivity contribution in [2.45, 2.75) is 33.1 Å². The highest BCUT2D eigenvalue weighted by Crippen LogP contribution is 2.33. The van der Waals surface area contributed by atoms with Crippen LogP contribution in [0.15, 0.2) is 42.5 Å². The fourth-order valence-electron chi connectivity index (χ4n) is 3.38. The van der Waals surface area contributed by atoms with E-state index in [1.807, 2.05) is 31.2 Å². The lowest BCUT2D eigenvalue weighted by Gasteiger charge is -2.22. The van der Waals surface area contributed by atoms with Crippen LogP contribution in [0.3, 0.4) is 0 Å². The first-order valence-corrected chi connectivity index (χ1v) is 11.7. The number of hydrogen-bond acceptors (Lipinski definition) is 7. The highest BCUT2D eigenvalue weighted by molar-refractivity contribution is 7.18. The molecule has 2 heterocycles. The van der Waals surface area contributed by atoms with E-state index in [9.17, 15) is 9.59 Å². The molecular weight excluding hydrogens is 440 g/mol. The minimum atomic E-state index is -0.207. The Morgan fingerprint density at radius 2 is 1.85 bits per heavy atom. The van der Waals surface area contributed by atoms with Crippen LogP contribution in [0.1, 0.15) is 42.1 Å². The number of carbonyl (C=O) groups excluding carboxylic acids is 2. The van der Waals surface area contributed by atoms with Gasteiger partial charge in [0.15, 0.2) is 11.5 Å². The van der Waals surface area contributed by atoms with Crippen molar-refractivity contribution >= 4 is 28.3 Å². The van der Waals surface area contributed by atoms with E-state index < -0.39 is 0 Å². The summed E-state index contributed by atoms with van der Waals surface area (Å²) in [6.45, 7) is 5.13. The summed E-state index contributed by atoms with van der Waals surface area (Å²) >= 11 is 1.32. The summed E-state index contributed by atoms with van der Waals surface area (Å²) in [6.07, 6.45) is 1.97. The number of hydrogen-bond donors (Lipinski definition) is 1. The monoisotopic (exact) mass is 466 g/mol. The third-order valence-electron chi connectivity index (χ3n) is 5.27. The molecule has 1 aromatic heterocycles. The number of nitrogens with one attached hydrogen (secondary N) is 1. The molecule has 0 aliphatic carbocycles. The molecule has 1 N–H and O–H groups in total. The molecule has 0 fully saturated rings. The van der Waals surface area contributed by atoms with E-state index in [-0.39, 0.29) is 25.0 Å². The molecule has 0 atom stereocenters. The van der Waals surface area contributed by atoms with Crippen LogP contribution in [-0.4, -0.2) is 46.8 Å². The molecule has 0 radical (unpaired) electrons. The molecule has 1 aliphatic rings. The van der Waals surface area contributed by atoms with E-state index in [0.29, 0.717) is 35.3 Å². The van der Waals surface area contributed by atoms with Crippen LogP contribution < -0.4 is 14.8 Å². The maximum absolute atomic E-state index is 13.1. The van der Waals surface area contributed by atoms with Gasteiger partial charge in [-0.2, -0.15) is 0 Å². The van der Waals surface area contributed by atoms with E-state index >= 15 is 0 Å². The third kappa shape index (κ3) is 5.67. The number of aromatic nitrogens is 2. The van der Waals surface area contributed by atoms with Gasteiger partial charge in [-0.3, -0.25) is 9.59 Å². The van der Waals surface area contributed by atoms with Crippen LogP contribution in [0.4, 0.5) is 5.13 Å². The lowest BCUT2D eigenvalue weighted by molar-refractivity contribution is -0.116. The van der Waals surface area contributed by atoms with Crippen molar-refractivity contribution in [3.63, 3.8) is 0 Å². The zero-order chi connectivity index (χ0) is 23.2. The first kappa shape index (κ1) is 22.7. The van der Waals surface area contributed by atoms with E-state index in [4.69, 9.17) is 9.47 Å². The van der Waals surface area contributed by atoms with Crippen LogP contribution in [-0.2, 0) is 4.79 Å². The number of ether oxygens (including phenoxy) is 2. The van der Waals surface area contributed by atoms with Crippen molar-refractivity contribution in [3.05, 3.63) is 53.6 Å². The van der Waals surface area contributed by atoms with Crippen LogP contribution in [0, 0.1) is 6.92 Å². The molecule has 1 aliphatic heterocycles. The fourth-order valence-corrected chi connectivity index (χ4v) is 4.15. The largest absolute Gasteiger partial charge is 0.454 e. The average Bonchev–Trinajstić information content (AvgIpc) is 3.48. The summed E-state index contributed by atoms with van der Waals surface area (Å²) in [6, 6.07) is 13.1. The Hall–Kier alpha value is -3.46. The van der Waals surface area contributed by atoms with Crippen LogP contribution >= 0.6 is 11.3 Å². The number of rotatable bonds is 9. The average molecular weight is 467 g/mol. The van der Waals surface area contributed by atoms with Gasteiger partial charge in [0.05, 0.1) is 0 Å². The molecule has 0 spiro atoms. The molecule has 2 amide bonds. The minimum Gasteiger partial charge on any atom is -0.454 e. The molecule has 9 heteroatoms. The van der Waals surface area contributed by atoms with Crippen LogP contribution in [0.2, 0.25) is 0 Å². The minimum absolute atomic E-state index is 0.132. The van der Waals surface area contributed by atoms with Crippen LogP contribution in [0.25, 0.3) is 10.6 Å². The van der Waals surface area contributed by atoms with E-state index in [1.165, 1.54) is 16.9 Å². The number of amides is 2. The molecule has 0 saturated carbocycles. The second-order valence-electron chi connectivity index (χ2n) is 7.79. The number of fused-ring (bicyclic) bond motifs is 1. The second-order valence-corrected chi connectivity index (χ2v) is 8.77. The van der Waals surface area contributed by atoms with Crippen molar-refractivity contribution in [3.8, 4) is 22.1 Å². The van der Waals surface area contributed by atoms with Crippen molar-refractivity contribution in [1.82, 2.24) is 15.1 Å². The first-order valence-electron chi connectivity index (χ1n) is 10.9. The maximum atomic E-state index is 13.1. The molecule has 0 unspecified atom stereocenters. The van der Waals surface area contributed by atoms with Crippen molar-refractivity contribution in [1.29, 1.82) is 0 Å². The second kappa shape index (κ2) is 10.4.